The van der Waals surface area contributed by atoms with Crippen molar-refractivity contribution in [3.05, 3.63) is 58.7 Å². The molecule has 2 aromatic carbocycles. The summed E-state index contributed by atoms with van der Waals surface area (Å²) in [6.07, 6.45) is 0.641. The van der Waals surface area contributed by atoms with Gasteiger partial charge in [0.15, 0.2) is 0 Å². The lowest BCUT2D eigenvalue weighted by Crippen LogP contribution is -2.49. The first kappa shape index (κ1) is 24.2. The molecule has 7 nitrogen and oxygen atoms in total. The van der Waals surface area contributed by atoms with Gasteiger partial charge in [-0.05, 0) is 43.7 Å². The van der Waals surface area contributed by atoms with Crippen LogP contribution in [0.25, 0.3) is 0 Å². The largest absolute Gasteiger partial charge is 0.497 e. The molecule has 0 unspecified atom stereocenters. The number of nitrogens with zero attached hydrogens (tertiary/aromatic N) is 4. The van der Waals surface area contributed by atoms with Gasteiger partial charge < -0.3 is 14.4 Å². The molecule has 0 aliphatic carbocycles. The maximum absolute atomic E-state index is 13.6. The van der Waals surface area contributed by atoms with E-state index in [-0.39, 0.29) is 11.9 Å². The molecule has 0 spiro atoms. The Morgan fingerprint density at radius 3 is 2.38 bits per heavy atom. The molecule has 0 aromatic heterocycles. The van der Waals surface area contributed by atoms with Crippen LogP contribution in [-0.2, 0) is 4.79 Å². The lowest BCUT2D eigenvalue weighted by Gasteiger charge is -2.34. The Bertz CT molecular complexity index is 1060. The number of carbonyl (C=O) groups is 1. The topological polar surface area (TPSA) is 57.6 Å². The molecule has 0 bridgehead atoms. The SMILES string of the molecule is CCN1CCN(CC(=O)N2N=C(c3ccc(OC)cc3OC)C[C@H]2c2ccc(C)cc2C)CC1. The first-order valence-corrected chi connectivity index (χ1v) is 12.1. The number of methoxy groups -OCH3 is 2. The lowest BCUT2D eigenvalue weighted by molar-refractivity contribution is -0.134. The van der Waals surface area contributed by atoms with Gasteiger partial charge in [0.2, 0.25) is 0 Å². The number of benzene rings is 2. The number of hydrogen-bond donors (Lipinski definition) is 0. The van der Waals surface area contributed by atoms with E-state index in [9.17, 15) is 4.79 Å². The number of amides is 1. The van der Waals surface area contributed by atoms with Gasteiger partial charge >= 0.3 is 0 Å². The van der Waals surface area contributed by atoms with Gasteiger partial charge in [0.05, 0.1) is 32.5 Å². The smallest absolute Gasteiger partial charge is 0.257 e. The van der Waals surface area contributed by atoms with Gasteiger partial charge in [-0.25, -0.2) is 5.01 Å². The Morgan fingerprint density at radius 2 is 1.74 bits per heavy atom. The van der Waals surface area contributed by atoms with Crippen LogP contribution >= 0.6 is 0 Å². The number of aryl methyl sites for hydroxylation is 2. The van der Waals surface area contributed by atoms with Crippen molar-refractivity contribution in [3.8, 4) is 11.5 Å². The average Bonchev–Trinajstić information content (AvgIpc) is 3.29. The van der Waals surface area contributed by atoms with Crippen molar-refractivity contribution in [2.75, 3.05) is 53.5 Å². The summed E-state index contributed by atoms with van der Waals surface area (Å²) in [5.41, 5.74) is 5.28. The fourth-order valence-electron chi connectivity index (χ4n) is 4.91. The molecule has 2 heterocycles. The first-order chi connectivity index (χ1) is 16.4. The minimum absolute atomic E-state index is 0.0393. The summed E-state index contributed by atoms with van der Waals surface area (Å²) in [7, 11) is 3.28. The van der Waals surface area contributed by atoms with Crippen molar-refractivity contribution in [1.82, 2.24) is 14.8 Å². The Kier molecular flexibility index (Phi) is 7.54. The fourth-order valence-corrected chi connectivity index (χ4v) is 4.91. The van der Waals surface area contributed by atoms with E-state index in [4.69, 9.17) is 14.6 Å². The van der Waals surface area contributed by atoms with E-state index in [1.54, 1.807) is 19.2 Å². The molecule has 0 radical (unpaired) electrons. The summed E-state index contributed by atoms with van der Waals surface area (Å²) in [6.45, 7) is 11.6. The molecule has 2 aliphatic heterocycles. The van der Waals surface area contributed by atoms with E-state index in [1.165, 1.54) is 11.1 Å². The molecule has 34 heavy (non-hydrogen) atoms. The second kappa shape index (κ2) is 10.6. The summed E-state index contributed by atoms with van der Waals surface area (Å²) in [4.78, 5) is 18.2. The van der Waals surface area contributed by atoms with E-state index in [2.05, 4.69) is 48.8 Å². The second-order valence-electron chi connectivity index (χ2n) is 9.14. The van der Waals surface area contributed by atoms with Crippen molar-refractivity contribution >= 4 is 11.6 Å². The molecule has 1 fully saturated rings. The highest BCUT2D eigenvalue weighted by Crippen LogP contribution is 2.37. The highest BCUT2D eigenvalue weighted by molar-refractivity contribution is 6.05. The summed E-state index contributed by atoms with van der Waals surface area (Å²) in [5.74, 6) is 1.46. The molecule has 0 saturated carbocycles. The minimum Gasteiger partial charge on any atom is -0.497 e. The molecular formula is C27H36N4O3. The predicted molar refractivity (Wildman–Crippen MR) is 135 cm³/mol. The van der Waals surface area contributed by atoms with Crippen LogP contribution in [0.5, 0.6) is 11.5 Å². The van der Waals surface area contributed by atoms with E-state index in [1.807, 2.05) is 18.2 Å². The molecule has 182 valence electrons. The molecule has 7 heteroatoms. The van der Waals surface area contributed by atoms with Crippen molar-refractivity contribution in [2.24, 2.45) is 5.10 Å². The van der Waals surface area contributed by atoms with Crippen LogP contribution < -0.4 is 9.47 Å². The third-order valence-corrected chi connectivity index (χ3v) is 6.94. The van der Waals surface area contributed by atoms with Crippen LogP contribution in [0.4, 0.5) is 0 Å². The number of piperazine rings is 1. The van der Waals surface area contributed by atoms with Crippen LogP contribution in [0.1, 0.15) is 41.6 Å². The number of carbonyl (C=O) groups excluding carboxylic acids is 1. The summed E-state index contributed by atoms with van der Waals surface area (Å²) in [6, 6.07) is 12.0. The van der Waals surface area contributed by atoms with Crippen molar-refractivity contribution < 1.29 is 14.3 Å². The van der Waals surface area contributed by atoms with E-state index in [0.29, 0.717) is 18.7 Å². The van der Waals surface area contributed by atoms with Crippen LogP contribution in [0, 0.1) is 13.8 Å². The van der Waals surface area contributed by atoms with Gasteiger partial charge in [-0.15, -0.1) is 0 Å². The molecular weight excluding hydrogens is 428 g/mol. The number of likely N-dealkylation sites (N-methyl/N-ethyl adjacent to an activating group) is 1. The Morgan fingerprint density at radius 1 is 1.00 bits per heavy atom. The highest BCUT2D eigenvalue weighted by atomic mass is 16.5. The number of hydrazone groups is 1. The van der Waals surface area contributed by atoms with Crippen LogP contribution in [0.3, 0.4) is 0 Å². The first-order valence-electron chi connectivity index (χ1n) is 12.1. The van der Waals surface area contributed by atoms with E-state index in [0.717, 1.165) is 55.3 Å². The van der Waals surface area contributed by atoms with Gasteiger partial charge in [-0.3, -0.25) is 9.69 Å². The second-order valence-corrected chi connectivity index (χ2v) is 9.14. The summed E-state index contributed by atoms with van der Waals surface area (Å²) < 4.78 is 11.0. The number of hydrogen-bond acceptors (Lipinski definition) is 6. The van der Waals surface area contributed by atoms with Crippen LogP contribution in [0.15, 0.2) is 41.5 Å². The number of ether oxygens (including phenoxy) is 2. The van der Waals surface area contributed by atoms with Gasteiger partial charge in [0.25, 0.3) is 5.91 Å². The van der Waals surface area contributed by atoms with Crippen LogP contribution in [0.2, 0.25) is 0 Å². The third-order valence-electron chi connectivity index (χ3n) is 6.94. The average molecular weight is 465 g/mol. The molecule has 1 amide bonds. The summed E-state index contributed by atoms with van der Waals surface area (Å²) >= 11 is 0. The van der Waals surface area contributed by atoms with Crippen LogP contribution in [-0.4, -0.2) is 79.9 Å². The molecule has 2 aliphatic rings. The number of rotatable bonds is 7. The maximum atomic E-state index is 13.6. The minimum atomic E-state index is -0.133. The standard InChI is InChI=1S/C27H36N4O3/c1-6-29-11-13-30(14-12-29)18-27(32)31-25(22-9-7-19(2)15-20(22)3)17-24(28-31)23-10-8-21(33-4)16-26(23)34-5/h7-10,15-16,25H,6,11-14,17-18H2,1-5H3/t25-/m0/s1. The molecule has 0 N–H and O–H groups in total. The summed E-state index contributed by atoms with van der Waals surface area (Å²) in [5, 5.41) is 6.59. The highest BCUT2D eigenvalue weighted by Gasteiger charge is 2.35. The molecule has 2 aromatic rings. The van der Waals surface area contributed by atoms with Crippen molar-refractivity contribution in [2.45, 2.75) is 33.2 Å². The zero-order valence-electron chi connectivity index (χ0n) is 21.0. The third kappa shape index (κ3) is 5.10. The quantitative estimate of drug-likeness (QED) is 0.626. The predicted octanol–water partition coefficient (Wildman–Crippen LogP) is 3.64. The molecule has 4 rings (SSSR count). The lowest BCUT2D eigenvalue weighted by atomic mass is 9.94. The fraction of sp³-hybridized carbons (Fsp3) is 0.481. The van der Waals surface area contributed by atoms with Gasteiger partial charge in [-0.1, -0.05) is 30.7 Å². The van der Waals surface area contributed by atoms with E-state index < -0.39 is 0 Å². The maximum Gasteiger partial charge on any atom is 0.257 e. The van der Waals surface area contributed by atoms with E-state index >= 15 is 0 Å². The Hall–Kier alpha value is -2.90. The Balaban J connectivity index is 1.63. The molecule has 1 saturated heterocycles. The van der Waals surface area contributed by atoms with Crippen molar-refractivity contribution in [3.63, 3.8) is 0 Å². The van der Waals surface area contributed by atoms with Gasteiger partial charge in [-0.2, -0.15) is 5.10 Å². The zero-order chi connectivity index (χ0) is 24.2. The van der Waals surface area contributed by atoms with Gasteiger partial charge in [0, 0.05) is 44.2 Å². The van der Waals surface area contributed by atoms with Crippen molar-refractivity contribution in [1.29, 1.82) is 0 Å². The Labute approximate surface area is 202 Å². The zero-order valence-corrected chi connectivity index (χ0v) is 21.0. The molecule has 1 atom stereocenters. The normalized spacial score (nSPS) is 19.3. The van der Waals surface area contributed by atoms with Gasteiger partial charge in [0.1, 0.15) is 11.5 Å². The monoisotopic (exact) mass is 464 g/mol.